The number of nitrogens with zero attached hydrogens (tertiary/aromatic N) is 2. The quantitative estimate of drug-likeness (QED) is 0.238. The van der Waals surface area contributed by atoms with Gasteiger partial charge in [-0.15, -0.1) is 0 Å². The smallest absolute Gasteiger partial charge is 0.489 e. The number of carbonyl (C=O) groups excluding carboxylic acids is 4. The van der Waals surface area contributed by atoms with Crippen molar-refractivity contribution in [2.45, 2.75) is 37.7 Å². The van der Waals surface area contributed by atoms with Gasteiger partial charge >= 0.3 is 18.2 Å². The number of ether oxygens (including phenoxy) is 1. The Labute approximate surface area is 245 Å². The molecule has 1 saturated heterocycles. The van der Waals surface area contributed by atoms with E-state index >= 15 is 0 Å². The zero-order valence-electron chi connectivity index (χ0n) is 21.5. The van der Waals surface area contributed by atoms with Crippen molar-refractivity contribution in [2.75, 3.05) is 13.1 Å². The van der Waals surface area contributed by atoms with Crippen molar-refractivity contribution in [3.63, 3.8) is 0 Å². The number of pyridine rings is 1. The van der Waals surface area contributed by atoms with E-state index < -0.39 is 54.1 Å². The molecule has 0 aliphatic carbocycles. The van der Waals surface area contributed by atoms with E-state index in [1.165, 1.54) is 36.7 Å². The average molecular weight is 636 g/mol. The van der Waals surface area contributed by atoms with Crippen molar-refractivity contribution in [1.29, 1.82) is 0 Å². The minimum atomic E-state index is -5.36. The van der Waals surface area contributed by atoms with Gasteiger partial charge in [-0.25, -0.2) is 14.6 Å². The lowest BCUT2D eigenvalue weighted by molar-refractivity contribution is -0.208. The number of hydroxylamine groups is 1. The summed E-state index contributed by atoms with van der Waals surface area (Å²) in [6.07, 6.45) is -6.97. The van der Waals surface area contributed by atoms with Crippen LogP contribution in [0.5, 0.6) is 5.75 Å². The molecule has 1 aromatic heterocycles. The number of carboxylic acid groups (broad SMARTS) is 1. The van der Waals surface area contributed by atoms with Gasteiger partial charge in [0, 0.05) is 13.0 Å². The molecule has 2 unspecified atom stereocenters. The standard InChI is InChI=1S/C24H22Cl2F3N5O8/c1-12(19(36)33-42-21(38)24(27,28)29)34-7-6-23(20(34)37,32-18(35)10-30-22(39)40)14-2-4-15(5-3-14)41-11-13-8-16(25)31-17(26)9-13/h2-5,8-9,12,30H,6-7,10-11H2,1H3,(H,32,35)(H,33,36)(H,39,40). The SMILES string of the molecule is CC(C(=O)NOC(=O)C(F)(F)F)N1CCC(NC(=O)CNC(=O)O)(c2ccc(OCc3cc(Cl)nc(Cl)c3)cc2)C1=O. The molecule has 1 aromatic carbocycles. The Balaban J connectivity index is 1.80. The van der Waals surface area contributed by atoms with Gasteiger partial charge in [0.15, 0.2) is 0 Å². The molecule has 0 radical (unpaired) electrons. The highest BCUT2D eigenvalue weighted by Crippen LogP contribution is 2.35. The Bertz CT molecular complexity index is 1360. The molecule has 2 atom stereocenters. The third kappa shape index (κ3) is 7.91. The molecule has 0 bridgehead atoms. The molecule has 0 saturated carbocycles. The topological polar surface area (TPSA) is 176 Å². The maximum atomic E-state index is 13.6. The number of aromatic nitrogens is 1. The molecule has 3 rings (SSSR count). The molecule has 1 aliphatic heterocycles. The minimum Gasteiger partial charge on any atom is -0.489 e. The first-order chi connectivity index (χ1) is 19.6. The monoisotopic (exact) mass is 635 g/mol. The van der Waals surface area contributed by atoms with Gasteiger partial charge in [-0.2, -0.15) is 18.7 Å². The Morgan fingerprint density at radius 1 is 1.14 bits per heavy atom. The summed E-state index contributed by atoms with van der Waals surface area (Å²) < 4.78 is 42.9. The maximum Gasteiger partial charge on any atom is 0.493 e. The molecule has 13 nitrogen and oxygen atoms in total. The number of hydrogen-bond acceptors (Lipinski definition) is 8. The van der Waals surface area contributed by atoms with Gasteiger partial charge in [-0.1, -0.05) is 35.3 Å². The van der Waals surface area contributed by atoms with E-state index in [-0.39, 0.29) is 35.4 Å². The zero-order chi connectivity index (χ0) is 31.2. The maximum absolute atomic E-state index is 13.6. The highest BCUT2D eigenvalue weighted by Gasteiger charge is 2.51. The van der Waals surface area contributed by atoms with Crippen LogP contribution in [-0.4, -0.2) is 70.1 Å². The molecule has 18 heteroatoms. The Morgan fingerprint density at radius 3 is 2.33 bits per heavy atom. The van der Waals surface area contributed by atoms with Crippen LogP contribution in [0.15, 0.2) is 36.4 Å². The van der Waals surface area contributed by atoms with Gasteiger partial charge < -0.3 is 30.2 Å². The van der Waals surface area contributed by atoms with Crippen LogP contribution < -0.4 is 20.9 Å². The summed E-state index contributed by atoms with van der Waals surface area (Å²) >= 11 is 11.8. The third-order valence-electron chi connectivity index (χ3n) is 6.00. The first-order valence-electron chi connectivity index (χ1n) is 11.8. The molecule has 2 heterocycles. The number of nitrogens with one attached hydrogen (secondary N) is 3. The van der Waals surface area contributed by atoms with Crippen LogP contribution in [0, 0.1) is 0 Å². The Morgan fingerprint density at radius 2 is 1.76 bits per heavy atom. The second-order valence-electron chi connectivity index (χ2n) is 8.82. The largest absolute Gasteiger partial charge is 0.493 e. The number of carbonyl (C=O) groups is 5. The van der Waals surface area contributed by atoms with E-state index in [4.69, 9.17) is 33.0 Å². The lowest BCUT2D eigenvalue weighted by Crippen LogP contribution is -2.56. The highest BCUT2D eigenvalue weighted by molar-refractivity contribution is 6.32. The van der Waals surface area contributed by atoms with Crippen molar-refractivity contribution in [1.82, 2.24) is 26.0 Å². The van der Waals surface area contributed by atoms with Gasteiger partial charge in [-0.3, -0.25) is 14.4 Å². The van der Waals surface area contributed by atoms with E-state index in [0.29, 0.717) is 11.3 Å². The van der Waals surface area contributed by atoms with Crippen molar-refractivity contribution >= 4 is 53.0 Å². The van der Waals surface area contributed by atoms with Crippen LogP contribution in [0.1, 0.15) is 24.5 Å². The molecule has 1 aliphatic rings. The number of benzene rings is 1. The van der Waals surface area contributed by atoms with E-state index in [1.54, 1.807) is 12.1 Å². The number of likely N-dealkylation sites (tertiary alicyclic amines) is 1. The van der Waals surface area contributed by atoms with Crippen molar-refractivity contribution in [3.05, 3.63) is 57.8 Å². The first-order valence-corrected chi connectivity index (χ1v) is 12.6. The fraction of sp³-hybridized carbons (Fsp3) is 0.333. The third-order valence-corrected chi connectivity index (χ3v) is 6.39. The van der Waals surface area contributed by atoms with Crippen molar-refractivity contribution < 1.29 is 51.8 Å². The van der Waals surface area contributed by atoms with Crippen molar-refractivity contribution in [2.24, 2.45) is 0 Å². The number of hydrogen-bond donors (Lipinski definition) is 4. The summed E-state index contributed by atoms with van der Waals surface area (Å²) in [5, 5.41) is 13.5. The second kappa shape index (κ2) is 13.1. The zero-order valence-corrected chi connectivity index (χ0v) is 23.0. The molecule has 2 aromatic rings. The van der Waals surface area contributed by atoms with Gasteiger partial charge in [0.1, 0.15) is 40.8 Å². The van der Waals surface area contributed by atoms with E-state index in [2.05, 4.69) is 15.1 Å². The Kier molecular flexibility index (Phi) is 10.1. The second-order valence-corrected chi connectivity index (χ2v) is 9.60. The predicted molar refractivity (Wildman–Crippen MR) is 137 cm³/mol. The minimum absolute atomic E-state index is 0.0578. The average Bonchev–Trinajstić information content (AvgIpc) is 3.24. The summed E-state index contributed by atoms with van der Waals surface area (Å²) in [7, 11) is 0. The summed E-state index contributed by atoms with van der Waals surface area (Å²) in [6.45, 7) is 0.372. The number of rotatable bonds is 9. The van der Waals surface area contributed by atoms with E-state index in [9.17, 15) is 37.1 Å². The lowest BCUT2D eigenvalue weighted by Gasteiger charge is -2.31. The summed E-state index contributed by atoms with van der Waals surface area (Å²) in [4.78, 5) is 68.9. The molecule has 1 fully saturated rings. The number of amides is 4. The molecule has 42 heavy (non-hydrogen) atoms. The van der Waals surface area contributed by atoms with Gasteiger partial charge in [-0.05, 0) is 42.3 Å². The summed E-state index contributed by atoms with van der Waals surface area (Å²) in [5.74, 6) is -5.27. The predicted octanol–water partition coefficient (Wildman–Crippen LogP) is 2.30. The van der Waals surface area contributed by atoms with Crippen LogP contribution in [0.4, 0.5) is 18.0 Å². The molecule has 4 amide bonds. The van der Waals surface area contributed by atoms with Crippen LogP contribution in [-0.2, 0) is 36.2 Å². The van der Waals surface area contributed by atoms with Crippen molar-refractivity contribution in [3.8, 4) is 5.75 Å². The Hall–Kier alpha value is -4.31. The fourth-order valence-electron chi connectivity index (χ4n) is 3.99. The van der Waals surface area contributed by atoms with Gasteiger partial charge in [0.05, 0.1) is 0 Å². The summed E-state index contributed by atoms with van der Waals surface area (Å²) in [6, 6.07) is 7.57. The number of halogens is 5. The van der Waals surface area contributed by atoms with Crippen LogP contribution >= 0.6 is 23.2 Å². The summed E-state index contributed by atoms with van der Waals surface area (Å²) in [5.41, 5.74) is 0.427. The highest BCUT2D eigenvalue weighted by atomic mass is 35.5. The first kappa shape index (κ1) is 32.2. The fourth-order valence-corrected chi connectivity index (χ4v) is 4.49. The van der Waals surface area contributed by atoms with Crippen LogP contribution in [0.25, 0.3) is 0 Å². The molecular formula is C24H22Cl2F3N5O8. The van der Waals surface area contributed by atoms with E-state index in [1.807, 2.05) is 5.32 Å². The van der Waals surface area contributed by atoms with E-state index in [0.717, 1.165) is 4.90 Å². The molecule has 4 N–H and O–H groups in total. The van der Waals surface area contributed by atoms with Gasteiger partial charge in [0.2, 0.25) is 5.91 Å². The van der Waals surface area contributed by atoms with Crippen LogP contribution in [0.3, 0.4) is 0 Å². The normalized spacial score (nSPS) is 17.3. The molecule has 0 spiro atoms. The van der Waals surface area contributed by atoms with Gasteiger partial charge in [0.25, 0.3) is 11.8 Å². The molecular weight excluding hydrogens is 614 g/mol. The van der Waals surface area contributed by atoms with Crippen LogP contribution in [0.2, 0.25) is 10.3 Å². The number of alkyl halides is 3. The molecule has 226 valence electrons. The lowest BCUT2D eigenvalue weighted by atomic mass is 9.87.